The molecule has 2 aromatic heterocycles. The highest BCUT2D eigenvalue weighted by atomic mass is 16.2. The van der Waals surface area contributed by atoms with E-state index in [9.17, 15) is 4.79 Å². The Kier molecular flexibility index (Phi) is 2.89. The second-order valence-corrected chi connectivity index (χ2v) is 5.10. The Morgan fingerprint density at radius 1 is 1.40 bits per heavy atom. The van der Waals surface area contributed by atoms with Gasteiger partial charge in [0.05, 0.1) is 0 Å². The van der Waals surface area contributed by atoms with E-state index < -0.39 is 0 Å². The maximum atomic E-state index is 12.3. The fraction of sp³-hybridized carbons (Fsp3) is 0.267. The van der Waals surface area contributed by atoms with Crippen LogP contribution in [0.2, 0.25) is 0 Å². The molecule has 0 aromatic carbocycles. The topological polar surface area (TPSA) is 61.4 Å². The molecule has 102 valence electrons. The molecule has 0 aliphatic carbocycles. The van der Waals surface area contributed by atoms with Gasteiger partial charge >= 0.3 is 0 Å². The van der Waals surface area contributed by atoms with Crippen LogP contribution in [0.1, 0.15) is 26.3 Å². The van der Waals surface area contributed by atoms with E-state index in [-0.39, 0.29) is 11.9 Å². The number of fused-ring (bicyclic) bond motifs is 1. The maximum absolute atomic E-state index is 12.3. The second-order valence-electron chi connectivity index (χ2n) is 5.10. The number of carbonyl (C=O) groups is 1. The number of H-pyrrole nitrogens is 1. The Bertz CT molecular complexity index is 739. The Labute approximate surface area is 117 Å². The third-order valence-corrected chi connectivity index (χ3v) is 3.36. The molecule has 0 atom stereocenters. The van der Waals surface area contributed by atoms with Crippen LogP contribution in [0.25, 0.3) is 17.1 Å². The number of hydrogen-bond donors (Lipinski definition) is 1. The van der Waals surface area contributed by atoms with Gasteiger partial charge in [0.15, 0.2) is 0 Å². The predicted molar refractivity (Wildman–Crippen MR) is 79.2 cm³/mol. The Hall–Kier alpha value is -2.43. The van der Waals surface area contributed by atoms with Gasteiger partial charge in [-0.3, -0.25) is 9.69 Å². The normalized spacial score (nSPS) is 17.6. The average molecular weight is 268 g/mol. The third-order valence-electron chi connectivity index (χ3n) is 3.36. The maximum Gasteiger partial charge on any atom is 0.278 e. The van der Waals surface area contributed by atoms with Crippen LogP contribution in [-0.2, 0) is 4.79 Å². The summed E-state index contributed by atoms with van der Waals surface area (Å²) in [6.45, 7) is 5.82. The largest absolute Gasteiger partial charge is 0.346 e. The Morgan fingerprint density at radius 3 is 2.90 bits per heavy atom. The molecule has 3 heterocycles. The fourth-order valence-electron chi connectivity index (χ4n) is 2.49. The molecule has 0 unspecified atom stereocenters. The minimum atomic E-state index is -0.0456. The van der Waals surface area contributed by atoms with Crippen LogP contribution in [0.15, 0.2) is 35.2 Å². The van der Waals surface area contributed by atoms with Gasteiger partial charge in [-0.15, -0.1) is 0 Å². The number of aromatic nitrogens is 2. The lowest BCUT2D eigenvalue weighted by molar-refractivity contribution is -0.123. The van der Waals surface area contributed by atoms with Crippen molar-refractivity contribution in [2.45, 2.75) is 26.8 Å². The van der Waals surface area contributed by atoms with Crippen molar-refractivity contribution in [3.63, 3.8) is 0 Å². The Balaban J connectivity index is 2.04. The zero-order valence-electron chi connectivity index (χ0n) is 11.7. The molecule has 1 aliphatic heterocycles. The van der Waals surface area contributed by atoms with Crippen LogP contribution < -0.4 is 0 Å². The predicted octanol–water partition coefficient (Wildman–Crippen LogP) is 2.57. The molecule has 0 saturated heterocycles. The lowest BCUT2D eigenvalue weighted by Gasteiger charge is -2.19. The smallest absolute Gasteiger partial charge is 0.278 e. The minimum absolute atomic E-state index is 0.0456. The number of aromatic amines is 1. The third kappa shape index (κ3) is 1.91. The molecule has 0 saturated carbocycles. The van der Waals surface area contributed by atoms with Crippen LogP contribution in [0.3, 0.4) is 0 Å². The summed E-state index contributed by atoms with van der Waals surface area (Å²) in [5, 5.41) is 0.989. The molecule has 1 N–H and O–H groups in total. The van der Waals surface area contributed by atoms with Crippen molar-refractivity contribution >= 4 is 28.9 Å². The molecule has 0 spiro atoms. The van der Waals surface area contributed by atoms with E-state index in [1.807, 2.05) is 45.2 Å². The van der Waals surface area contributed by atoms with Crippen LogP contribution in [0.4, 0.5) is 0 Å². The van der Waals surface area contributed by atoms with Crippen molar-refractivity contribution < 1.29 is 4.79 Å². The van der Waals surface area contributed by atoms with Crippen molar-refractivity contribution in [3.05, 3.63) is 35.8 Å². The van der Waals surface area contributed by atoms with Gasteiger partial charge in [-0.05, 0) is 39.0 Å². The summed E-state index contributed by atoms with van der Waals surface area (Å²) in [5.74, 6) is 0.699. The van der Waals surface area contributed by atoms with Gasteiger partial charge in [0.1, 0.15) is 17.2 Å². The lowest BCUT2D eigenvalue weighted by Crippen LogP contribution is -2.36. The molecule has 1 amide bonds. The summed E-state index contributed by atoms with van der Waals surface area (Å²) in [4.78, 5) is 25.7. The molecule has 5 nitrogen and oxygen atoms in total. The zero-order valence-corrected chi connectivity index (χ0v) is 11.7. The van der Waals surface area contributed by atoms with Gasteiger partial charge in [-0.2, -0.15) is 0 Å². The SMILES string of the molecule is CC1=N/C(=C\c2c[nH]c3ncccc23)C(=O)N1C(C)C. The van der Waals surface area contributed by atoms with Gasteiger partial charge in [0.25, 0.3) is 5.91 Å². The zero-order chi connectivity index (χ0) is 14.3. The number of rotatable bonds is 2. The number of nitrogens with zero attached hydrogens (tertiary/aromatic N) is 3. The first kappa shape index (κ1) is 12.6. The molecule has 3 rings (SSSR count). The minimum Gasteiger partial charge on any atom is -0.346 e. The fourth-order valence-corrected chi connectivity index (χ4v) is 2.49. The van der Waals surface area contributed by atoms with Gasteiger partial charge in [-0.25, -0.2) is 9.98 Å². The molecule has 5 heteroatoms. The number of amides is 1. The van der Waals surface area contributed by atoms with Gasteiger partial charge < -0.3 is 4.98 Å². The highest BCUT2D eigenvalue weighted by Crippen LogP contribution is 2.23. The summed E-state index contributed by atoms with van der Waals surface area (Å²) in [5.41, 5.74) is 2.21. The average Bonchev–Trinajstić information content (AvgIpc) is 2.93. The van der Waals surface area contributed by atoms with E-state index >= 15 is 0 Å². The van der Waals surface area contributed by atoms with E-state index in [0.717, 1.165) is 22.4 Å². The first-order chi connectivity index (χ1) is 9.58. The summed E-state index contributed by atoms with van der Waals surface area (Å²) < 4.78 is 0. The number of nitrogens with one attached hydrogen (secondary N) is 1. The number of hydrogen-bond acceptors (Lipinski definition) is 3. The highest BCUT2D eigenvalue weighted by molar-refractivity contribution is 6.14. The first-order valence-electron chi connectivity index (χ1n) is 6.60. The molecule has 0 bridgehead atoms. The molecule has 0 fully saturated rings. The van der Waals surface area contributed by atoms with E-state index in [4.69, 9.17) is 0 Å². The molecule has 0 radical (unpaired) electrons. The molecule has 20 heavy (non-hydrogen) atoms. The molecular weight excluding hydrogens is 252 g/mol. The molecular formula is C15H16N4O. The van der Waals surface area contributed by atoms with Crippen molar-refractivity contribution in [3.8, 4) is 0 Å². The van der Waals surface area contributed by atoms with Crippen LogP contribution in [-0.4, -0.2) is 32.7 Å². The van der Waals surface area contributed by atoms with Crippen molar-refractivity contribution in [2.75, 3.05) is 0 Å². The van der Waals surface area contributed by atoms with Crippen LogP contribution in [0, 0.1) is 0 Å². The Morgan fingerprint density at radius 2 is 2.20 bits per heavy atom. The number of carbonyl (C=O) groups excluding carboxylic acids is 1. The highest BCUT2D eigenvalue weighted by Gasteiger charge is 2.29. The van der Waals surface area contributed by atoms with Crippen molar-refractivity contribution in [1.82, 2.24) is 14.9 Å². The standard InChI is InChI=1S/C15H16N4O/c1-9(2)19-10(3)18-13(15(19)20)7-11-8-17-14-12(11)5-4-6-16-14/h4-9H,1-3H3,(H,16,17)/b13-7-. The summed E-state index contributed by atoms with van der Waals surface area (Å²) in [7, 11) is 0. The van der Waals surface area contributed by atoms with E-state index in [0.29, 0.717) is 5.70 Å². The van der Waals surface area contributed by atoms with Crippen molar-refractivity contribution in [1.29, 1.82) is 0 Å². The van der Waals surface area contributed by atoms with E-state index in [1.54, 1.807) is 11.1 Å². The van der Waals surface area contributed by atoms with Crippen LogP contribution >= 0.6 is 0 Å². The molecule has 2 aromatic rings. The number of amidine groups is 1. The summed E-state index contributed by atoms with van der Waals surface area (Å²) in [6, 6.07) is 3.96. The van der Waals surface area contributed by atoms with E-state index in [2.05, 4.69) is 15.0 Å². The first-order valence-corrected chi connectivity index (χ1v) is 6.60. The van der Waals surface area contributed by atoms with Gasteiger partial charge in [0, 0.05) is 29.4 Å². The quantitative estimate of drug-likeness (QED) is 0.851. The second kappa shape index (κ2) is 4.59. The lowest BCUT2D eigenvalue weighted by atomic mass is 10.2. The van der Waals surface area contributed by atoms with Gasteiger partial charge in [-0.1, -0.05) is 0 Å². The number of pyridine rings is 1. The van der Waals surface area contributed by atoms with Gasteiger partial charge in [0.2, 0.25) is 0 Å². The number of aliphatic imine (C=N–C) groups is 1. The van der Waals surface area contributed by atoms with Crippen molar-refractivity contribution in [2.24, 2.45) is 4.99 Å². The summed E-state index contributed by atoms with van der Waals surface area (Å²) >= 11 is 0. The monoisotopic (exact) mass is 268 g/mol. The van der Waals surface area contributed by atoms with E-state index in [1.165, 1.54) is 0 Å². The van der Waals surface area contributed by atoms with Crippen LogP contribution in [0.5, 0.6) is 0 Å². The summed E-state index contributed by atoms with van der Waals surface area (Å²) in [6.07, 6.45) is 5.40. The molecule has 1 aliphatic rings.